The summed E-state index contributed by atoms with van der Waals surface area (Å²) >= 11 is 0. The third-order valence-corrected chi connectivity index (χ3v) is 3.63. The van der Waals surface area contributed by atoms with Gasteiger partial charge in [-0.1, -0.05) is 0 Å². The van der Waals surface area contributed by atoms with Gasteiger partial charge < -0.3 is 14.8 Å². The van der Waals surface area contributed by atoms with Gasteiger partial charge in [-0.15, -0.1) is 0 Å². The number of rotatable bonds is 5. The van der Waals surface area contributed by atoms with Crippen molar-refractivity contribution in [1.82, 2.24) is 4.90 Å². The van der Waals surface area contributed by atoms with E-state index in [1.54, 1.807) is 13.0 Å². The number of nitro benzene ring substituents is 1. The SMILES string of the molecule is COc1ccc(NC(=O)[C@H](C)N2CCOCC2)c([N+](=O)[O-])c1. The van der Waals surface area contributed by atoms with Gasteiger partial charge in [-0.05, 0) is 19.1 Å². The second-order valence-electron chi connectivity index (χ2n) is 4.95. The Kier molecular flexibility index (Phi) is 5.29. The first kappa shape index (κ1) is 16.2. The van der Waals surface area contributed by atoms with Crippen molar-refractivity contribution in [2.75, 3.05) is 38.7 Å². The predicted octanol–water partition coefficient (Wildman–Crippen LogP) is 1.26. The van der Waals surface area contributed by atoms with Crippen LogP contribution in [0.3, 0.4) is 0 Å². The van der Waals surface area contributed by atoms with E-state index >= 15 is 0 Å². The zero-order chi connectivity index (χ0) is 16.1. The zero-order valence-electron chi connectivity index (χ0n) is 12.6. The van der Waals surface area contributed by atoms with Crippen molar-refractivity contribution in [2.24, 2.45) is 0 Å². The molecular formula is C14H19N3O5. The lowest BCUT2D eigenvalue weighted by Gasteiger charge is -2.31. The summed E-state index contributed by atoms with van der Waals surface area (Å²) in [5.41, 5.74) is -0.0298. The highest BCUT2D eigenvalue weighted by Crippen LogP contribution is 2.29. The van der Waals surface area contributed by atoms with Crippen LogP contribution in [0, 0.1) is 10.1 Å². The van der Waals surface area contributed by atoms with E-state index in [0.29, 0.717) is 32.1 Å². The highest BCUT2D eigenvalue weighted by Gasteiger charge is 2.25. The van der Waals surface area contributed by atoms with E-state index in [2.05, 4.69) is 5.32 Å². The number of carbonyl (C=O) groups excluding carboxylic acids is 1. The molecule has 0 radical (unpaired) electrons. The van der Waals surface area contributed by atoms with E-state index in [4.69, 9.17) is 9.47 Å². The number of anilines is 1. The van der Waals surface area contributed by atoms with Gasteiger partial charge in [0.15, 0.2) is 0 Å². The van der Waals surface area contributed by atoms with Gasteiger partial charge in [-0.3, -0.25) is 19.8 Å². The molecule has 0 saturated carbocycles. The Morgan fingerprint density at radius 2 is 2.14 bits per heavy atom. The third-order valence-electron chi connectivity index (χ3n) is 3.63. The van der Waals surface area contributed by atoms with Crippen LogP contribution >= 0.6 is 0 Å². The van der Waals surface area contributed by atoms with E-state index in [1.807, 2.05) is 4.90 Å². The summed E-state index contributed by atoms with van der Waals surface area (Å²) in [5.74, 6) is 0.0843. The lowest BCUT2D eigenvalue weighted by atomic mass is 10.2. The van der Waals surface area contributed by atoms with E-state index < -0.39 is 4.92 Å². The van der Waals surface area contributed by atoms with Gasteiger partial charge in [0.25, 0.3) is 5.69 Å². The standard InChI is InChI=1S/C14H19N3O5/c1-10(16-5-7-22-8-6-16)14(18)15-12-4-3-11(21-2)9-13(12)17(19)20/h3-4,9-10H,5-8H2,1-2H3,(H,15,18)/t10-/m0/s1. The molecule has 1 saturated heterocycles. The zero-order valence-corrected chi connectivity index (χ0v) is 12.6. The molecule has 1 aliphatic heterocycles. The Hall–Kier alpha value is -2.19. The van der Waals surface area contributed by atoms with Crippen LogP contribution in [0.1, 0.15) is 6.92 Å². The molecule has 8 heteroatoms. The lowest BCUT2D eigenvalue weighted by molar-refractivity contribution is -0.384. The van der Waals surface area contributed by atoms with Crippen LogP contribution < -0.4 is 10.1 Å². The second-order valence-corrected chi connectivity index (χ2v) is 4.95. The van der Waals surface area contributed by atoms with E-state index in [-0.39, 0.29) is 23.3 Å². The number of ether oxygens (including phenoxy) is 2. The number of hydrogen-bond donors (Lipinski definition) is 1. The highest BCUT2D eigenvalue weighted by atomic mass is 16.6. The largest absolute Gasteiger partial charge is 0.496 e. The smallest absolute Gasteiger partial charge is 0.296 e. The molecular weight excluding hydrogens is 290 g/mol. The van der Waals surface area contributed by atoms with E-state index in [1.165, 1.54) is 19.2 Å². The first-order valence-electron chi connectivity index (χ1n) is 6.98. The molecule has 1 N–H and O–H groups in total. The predicted molar refractivity (Wildman–Crippen MR) is 80.1 cm³/mol. The monoisotopic (exact) mass is 309 g/mol. The first-order chi connectivity index (χ1) is 10.5. The maximum Gasteiger partial charge on any atom is 0.296 e. The van der Waals surface area contributed by atoms with Crippen LogP contribution in [-0.2, 0) is 9.53 Å². The fraction of sp³-hybridized carbons (Fsp3) is 0.500. The average molecular weight is 309 g/mol. The molecule has 1 heterocycles. The van der Waals surface area contributed by atoms with Crippen molar-refractivity contribution in [3.8, 4) is 5.75 Å². The van der Waals surface area contributed by atoms with Crippen molar-refractivity contribution < 1.29 is 19.2 Å². The van der Waals surface area contributed by atoms with Crippen LogP contribution in [0.4, 0.5) is 11.4 Å². The van der Waals surface area contributed by atoms with Crippen LogP contribution in [-0.4, -0.2) is 55.2 Å². The fourth-order valence-corrected chi connectivity index (χ4v) is 2.26. The number of benzene rings is 1. The van der Waals surface area contributed by atoms with Gasteiger partial charge in [-0.25, -0.2) is 0 Å². The summed E-state index contributed by atoms with van der Waals surface area (Å²) in [4.78, 5) is 24.8. The molecule has 0 aliphatic carbocycles. The van der Waals surface area contributed by atoms with Crippen LogP contribution in [0.25, 0.3) is 0 Å². The molecule has 1 aromatic rings. The Labute approximate surface area is 128 Å². The summed E-state index contributed by atoms with van der Waals surface area (Å²) in [7, 11) is 1.43. The Morgan fingerprint density at radius 3 is 2.73 bits per heavy atom. The highest BCUT2D eigenvalue weighted by molar-refractivity contribution is 5.96. The van der Waals surface area contributed by atoms with Gasteiger partial charge in [0.2, 0.25) is 5.91 Å². The van der Waals surface area contributed by atoms with Crippen molar-refractivity contribution in [3.63, 3.8) is 0 Å². The van der Waals surface area contributed by atoms with Gasteiger partial charge >= 0.3 is 0 Å². The second kappa shape index (κ2) is 7.19. The van der Waals surface area contributed by atoms with Gasteiger partial charge in [0, 0.05) is 13.1 Å². The van der Waals surface area contributed by atoms with Crippen molar-refractivity contribution >= 4 is 17.3 Å². The Balaban J connectivity index is 2.11. The minimum Gasteiger partial charge on any atom is -0.496 e. The molecule has 0 bridgehead atoms. The van der Waals surface area contributed by atoms with Crippen molar-refractivity contribution in [2.45, 2.75) is 13.0 Å². The number of morpholine rings is 1. The summed E-state index contributed by atoms with van der Waals surface area (Å²) in [6.45, 7) is 4.27. The quantitative estimate of drug-likeness (QED) is 0.650. The topological polar surface area (TPSA) is 93.9 Å². The summed E-state index contributed by atoms with van der Waals surface area (Å²) in [5, 5.41) is 13.7. The van der Waals surface area contributed by atoms with E-state index in [0.717, 1.165) is 0 Å². The molecule has 8 nitrogen and oxygen atoms in total. The number of methoxy groups -OCH3 is 1. The molecule has 1 aliphatic rings. The molecule has 1 fully saturated rings. The summed E-state index contributed by atoms with van der Waals surface area (Å²) in [6, 6.07) is 3.95. The minimum atomic E-state index is -0.544. The van der Waals surface area contributed by atoms with Crippen LogP contribution in [0.5, 0.6) is 5.75 Å². The molecule has 0 unspecified atom stereocenters. The molecule has 1 aromatic carbocycles. The first-order valence-corrected chi connectivity index (χ1v) is 6.98. The third kappa shape index (κ3) is 3.71. The minimum absolute atomic E-state index is 0.163. The van der Waals surface area contributed by atoms with Gasteiger partial charge in [0.05, 0.1) is 37.4 Å². The number of nitrogens with zero attached hydrogens (tertiary/aromatic N) is 2. The molecule has 0 spiro atoms. The maximum absolute atomic E-state index is 12.3. The van der Waals surface area contributed by atoms with Crippen molar-refractivity contribution in [1.29, 1.82) is 0 Å². The van der Waals surface area contributed by atoms with Crippen LogP contribution in [0.2, 0.25) is 0 Å². The maximum atomic E-state index is 12.3. The molecule has 1 atom stereocenters. The van der Waals surface area contributed by atoms with Crippen LogP contribution in [0.15, 0.2) is 18.2 Å². The number of amides is 1. The fourth-order valence-electron chi connectivity index (χ4n) is 2.26. The normalized spacial score (nSPS) is 16.8. The molecule has 120 valence electrons. The van der Waals surface area contributed by atoms with Gasteiger partial charge in [-0.2, -0.15) is 0 Å². The number of hydrogen-bond acceptors (Lipinski definition) is 6. The summed E-state index contributed by atoms with van der Waals surface area (Å²) < 4.78 is 10.2. The van der Waals surface area contributed by atoms with Gasteiger partial charge in [0.1, 0.15) is 11.4 Å². The number of nitro groups is 1. The molecule has 2 rings (SSSR count). The molecule has 0 aromatic heterocycles. The average Bonchev–Trinajstić information content (AvgIpc) is 2.55. The molecule has 22 heavy (non-hydrogen) atoms. The Morgan fingerprint density at radius 1 is 1.45 bits per heavy atom. The van der Waals surface area contributed by atoms with Crippen molar-refractivity contribution in [3.05, 3.63) is 28.3 Å². The lowest BCUT2D eigenvalue weighted by Crippen LogP contribution is -2.47. The number of nitrogens with one attached hydrogen (secondary N) is 1. The molecule has 1 amide bonds. The number of carbonyl (C=O) groups is 1. The van der Waals surface area contributed by atoms with E-state index in [9.17, 15) is 14.9 Å². The summed E-state index contributed by atoms with van der Waals surface area (Å²) in [6.07, 6.45) is 0. The Bertz CT molecular complexity index is 557.